The van der Waals surface area contributed by atoms with Crippen molar-refractivity contribution < 1.29 is 18.7 Å². The smallest absolute Gasteiger partial charge is 0.331 e. The summed E-state index contributed by atoms with van der Waals surface area (Å²) in [4.78, 5) is 24.0. The molecule has 1 aromatic rings. The van der Waals surface area contributed by atoms with Crippen LogP contribution in [0.5, 0.6) is 0 Å². The number of halogens is 1. The number of hydrogen-bond acceptors (Lipinski definition) is 3. The van der Waals surface area contributed by atoms with Gasteiger partial charge in [-0.05, 0) is 31.9 Å². The monoisotopic (exact) mass is 281 g/mol. The second-order valence-corrected chi connectivity index (χ2v) is 4.96. The zero-order valence-electron chi connectivity index (χ0n) is 12.2. The molecule has 1 aromatic carbocycles. The molecular formula is C15H20FNO3. The Labute approximate surface area is 118 Å². The lowest BCUT2D eigenvalue weighted by Crippen LogP contribution is -2.52. The normalized spacial score (nSPS) is 13.4. The van der Waals surface area contributed by atoms with Gasteiger partial charge in [0, 0.05) is 0 Å². The summed E-state index contributed by atoms with van der Waals surface area (Å²) in [6.45, 7) is 5.05. The van der Waals surface area contributed by atoms with Crippen molar-refractivity contribution in [3.8, 4) is 0 Å². The van der Waals surface area contributed by atoms with Crippen molar-refractivity contribution in [2.45, 2.75) is 39.2 Å². The lowest BCUT2D eigenvalue weighted by Gasteiger charge is -2.27. The van der Waals surface area contributed by atoms with Crippen molar-refractivity contribution in [2.75, 3.05) is 7.11 Å². The first kappa shape index (κ1) is 16.1. The van der Waals surface area contributed by atoms with Gasteiger partial charge in [0.05, 0.1) is 12.7 Å². The number of methoxy groups -OCH3 is 1. The van der Waals surface area contributed by atoms with Crippen LogP contribution in [0.4, 0.5) is 4.39 Å². The topological polar surface area (TPSA) is 55.4 Å². The highest BCUT2D eigenvalue weighted by atomic mass is 19.1. The summed E-state index contributed by atoms with van der Waals surface area (Å²) in [5, 5.41) is 2.58. The minimum absolute atomic E-state index is 0.0729. The van der Waals surface area contributed by atoms with Crippen molar-refractivity contribution >= 4 is 11.9 Å². The SMILES string of the molecule is CCCC(C)(NC(=O)c1cccc(C)c1F)C(=O)OC. The van der Waals surface area contributed by atoms with Gasteiger partial charge in [0.1, 0.15) is 11.4 Å². The summed E-state index contributed by atoms with van der Waals surface area (Å²) in [6.07, 6.45) is 1.10. The van der Waals surface area contributed by atoms with Gasteiger partial charge in [-0.1, -0.05) is 25.5 Å². The first-order valence-electron chi connectivity index (χ1n) is 6.51. The van der Waals surface area contributed by atoms with Gasteiger partial charge in [-0.3, -0.25) is 4.79 Å². The van der Waals surface area contributed by atoms with E-state index < -0.39 is 23.2 Å². The Hall–Kier alpha value is -1.91. The maximum atomic E-state index is 13.9. The standard InChI is InChI=1S/C15H20FNO3/c1-5-9-15(3,14(19)20-4)17-13(18)11-8-6-7-10(2)12(11)16/h6-8H,5,9H2,1-4H3,(H,17,18). The molecule has 5 heteroatoms. The molecule has 0 aliphatic heterocycles. The molecule has 0 aromatic heterocycles. The number of benzene rings is 1. The number of esters is 1. The number of hydrogen-bond donors (Lipinski definition) is 1. The van der Waals surface area contributed by atoms with Crippen molar-refractivity contribution in [1.29, 1.82) is 0 Å². The highest BCUT2D eigenvalue weighted by molar-refractivity contribution is 5.98. The average Bonchev–Trinajstić information content (AvgIpc) is 2.40. The molecule has 0 bridgehead atoms. The summed E-state index contributed by atoms with van der Waals surface area (Å²) < 4.78 is 18.6. The summed E-state index contributed by atoms with van der Waals surface area (Å²) >= 11 is 0. The first-order valence-corrected chi connectivity index (χ1v) is 6.51. The zero-order chi connectivity index (χ0) is 15.3. The third-order valence-corrected chi connectivity index (χ3v) is 3.21. The van der Waals surface area contributed by atoms with Crippen LogP contribution >= 0.6 is 0 Å². The van der Waals surface area contributed by atoms with Crippen LogP contribution in [-0.2, 0) is 9.53 Å². The van der Waals surface area contributed by atoms with E-state index in [9.17, 15) is 14.0 Å². The van der Waals surface area contributed by atoms with Gasteiger partial charge in [-0.15, -0.1) is 0 Å². The molecule has 1 N–H and O–H groups in total. The molecule has 0 spiro atoms. The molecule has 1 rings (SSSR count). The van der Waals surface area contributed by atoms with Crippen LogP contribution in [0.3, 0.4) is 0 Å². The van der Waals surface area contributed by atoms with Gasteiger partial charge < -0.3 is 10.1 Å². The van der Waals surface area contributed by atoms with Crippen LogP contribution in [0.2, 0.25) is 0 Å². The van der Waals surface area contributed by atoms with Gasteiger partial charge in [-0.25, -0.2) is 9.18 Å². The minimum atomic E-state index is -1.16. The lowest BCUT2D eigenvalue weighted by molar-refractivity contribution is -0.147. The number of carbonyl (C=O) groups is 2. The van der Waals surface area contributed by atoms with Crippen LogP contribution < -0.4 is 5.32 Å². The Bertz CT molecular complexity index is 516. The molecule has 0 saturated carbocycles. The van der Waals surface area contributed by atoms with E-state index >= 15 is 0 Å². The largest absolute Gasteiger partial charge is 0.467 e. The first-order chi connectivity index (χ1) is 9.35. The Morgan fingerprint density at radius 2 is 2.05 bits per heavy atom. The third-order valence-electron chi connectivity index (χ3n) is 3.21. The number of rotatable bonds is 5. The second-order valence-electron chi connectivity index (χ2n) is 4.96. The fourth-order valence-electron chi connectivity index (χ4n) is 2.08. The Morgan fingerprint density at radius 1 is 1.40 bits per heavy atom. The maximum Gasteiger partial charge on any atom is 0.331 e. The van der Waals surface area contributed by atoms with Crippen LogP contribution in [0.1, 0.15) is 42.6 Å². The summed E-state index contributed by atoms with van der Waals surface area (Å²) in [5.74, 6) is -1.73. The molecule has 1 unspecified atom stereocenters. The minimum Gasteiger partial charge on any atom is -0.467 e. The maximum absolute atomic E-state index is 13.9. The van der Waals surface area contributed by atoms with E-state index in [1.807, 2.05) is 6.92 Å². The van der Waals surface area contributed by atoms with Gasteiger partial charge in [0.15, 0.2) is 0 Å². The Balaban J connectivity index is 3.03. The van der Waals surface area contributed by atoms with E-state index in [0.29, 0.717) is 18.4 Å². The lowest BCUT2D eigenvalue weighted by atomic mass is 9.95. The quantitative estimate of drug-likeness (QED) is 0.844. The van der Waals surface area contributed by atoms with E-state index in [1.165, 1.54) is 13.2 Å². The van der Waals surface area contributed by atoms with Gasteiger partial charge >= 0.3 is 5.97 Å². The van der Waals surface area contributed by atoms with Crippen molar-refractivity contribution in [3.63, 3.8) is 0 Å². The molecule has 0 fully saturated rings. The molecule has 4 nitrogen and oxygen atoms in total. The van der Waals surface area contributed by atoms with Crippen molar-refractivity contribution in [2.24, 2.45) is 0 Å². The van der Waals surface area contributed by atoms with Crippen LogP contribution in [0.15, 0.2) is 18.2 Å². The van der Waals surface area contributed by atoms with E-state index in [1.54, 1.807) is 26.0 Å². The molecule has 0 saturated heterocycles. The van der Waals surface area contributed by atoms with E-state index in [4.69, 9.17) is 4.74 Å². The van der Waals surface area contributed by atoms with Crippen molar-refractivity contribution in [1.82, 2.24) is 5.32 Å². The predicted molar refractivity (Wildman–Crippen MR) is 73.9 cm³/mol. The molecule has 20 heavy (non-hydrogen) atoms. The number of carbonyl (C=O) groups excluding carboxylic acids is 2. The van der Waals surface area contributed by atoms with E-state index in [0.717, 1.165) is 0 Å². The van der Waals surface area contributed by atoms with Gasteiger partial charge in [0.25, 0.3) is 5.91 Å². The predicted octanol–water partition coefficient (Wildman–Crippen LogP) is 2.60. The molecule has 110 valence electrons. The van der Waals surface area contributed by atoms with Gasteiger partial charge in [0.2, 0.25) is 0 Å². The van der Waals surface area contributed by atoms with Gasteiger partial charge in [-0.2, -0.15) is 0 Å². The molecule has 0 radical (unpaired) electrons. The number of ether oxygens (including phenoxy) is 1. The van der Waals surface area contributed by atoms with Crippen LogP contribution in [0.25, 0.3) is 0 Å². The molecule has 1 atom stereocenters. The molecule has 0 aliphatic carbocycles. The van der Waals surface area contributed by atoms with E-state index in [2.05, 4.69) is 5.32 Å². The highest BCUT2D eigenvalue weighted by Crippen LogP contribution is 2.17. The molecular weight excluding hydrogens is 261 g/mol. The number of amides is 1. The zero-order valence-corrected chi connectivity index (χ0v) is 12.2. The summed E-state index contributed by atoms with van der Waals surface area (Å²) in [6, 6.07) is 4.57. The fourth-order valence-corrected chi connectivity index (χ4v) is 2.08. The molecule has 0 heterocycles. The number of nitrogens with one attached hydrogen (secondary N) is 1. The second kappa shape index (κ2) is 6.50. The summed E-state index contributed by atoms with van der Waals surface area (Å²) in [7, 11) is 1.26. The van der Waals surface area contributed by atoms with Crippen molar-refractivity contribution in [3.05, 3.63) is 35.1 Å². The third kappa shape index (κ3) is 3.35. The Morgan fingerprint density at radius 3 is 2.60 bits per heavy atom. The fraction of sp³-hybridized carbons (Fsp3) is 0.467. The Kier molecular flexibility index (Phi) is 5.25. The summed E-state index contributed by atoms with van der Waals surface area (Å²) in [5.41, 5.74) is -0.847. The van der Waals surface area contributed by atoms with Crippen LogP contribution in [-0.4, -0.2) is 24.5 Å². The number of aryl methyl sites for hydroxylation is 1. The molecule has 0 aliphatic rings. The molecule has 1 amide bonds. The van der Waals surface area contributed by atoms with Crippen LogP contribution in [0, 0.1) is 12.7 Å². The van der Waals surface area contributed by atoms with E-state index in [-0.39, 0.29) is 5.56 Å². The highest BCUT2D eigenvalue weighted by Gasteiger charge is 2.35. The average molecular weight is 281 g/mol.